The number of carbonyl (C=O) groups is 1. The Balaban J connectivity index is 1.69. The number of halogens is 6. The number of fused-ring (bicyclic) bond motifs is 1. The minimum atomic E-state index is -4.79. The molecule has 5 nitrogen and oxygen atoms in total. The maximum absolute atomic E-state index is 13.4. The van der Waals surface area contributed by atoms with Crippen molar-refractivity contribution >= 4 is 45.7 Å². The fourth-order valence-corrected chi connectivity index (χ4v) is 3.81. The molecule has 11 heteroatoms. The maximum atomic E-state index is 13.4. The molecule has 0 atom stereocenters. The van der Waals surface area contributed by atoms with Crippen LogP contribution in [0.1, 0.15) is 27.3 Å². The molecule has 0 saturated heterocycles. The van der Waals surface area contributed by atoms with Crippen molar-refractivity contribution in [2.45, 2.75) is 19.6 Å². The molecule has 0 saturated carbocycles. The highest BCUT2D eigenvalue weighted by molar-refractivity contribution is 6.39. The molecule has 0 radical (unpaired) electrons. The molecular weight excluding hydrogens is 483 g/mol. The van der Waals surface area contributed by atoms with E-state index in [-0.39, 0.29) is 32.3 Å². The zero-order valence-electron chi connectivity index (χ0n) is 16.8. The number of hydrogen-bond donors (Lipinski definition) is 1. The summed E-state index contributed by atoms with van der Waals surface area (Å²) in [7, 11) is 0. The van der Waals surface area contributed by atoms with Crippen molar-refractivity contribution in [1.29, 1.82) is 0 Å². The predicted molar refractivity (Wildman–Crippen MR) is 117 cm³/mol. The van der Waals surface area contributed by atoms with Crippen molar-refractivity contribution in [2.24, 2.45) is 0 Å². The Morgan fingerprint density at radius 3 is 2.48 bits per heavy atom. The Labute approximate surface area is 194 Å². The average molecular weight is 497 g/mol. The molecule has 4 aromatic rings. The molecule has 0 spiro atoms. The summed E-state index contributed by atoms with van der Waals surface area (Å²) in [6, 6.07) is 9.07. The number of alkyl halides is 3. The fraction of sp³-hybridized carbons (Fsp3) is 0.136. The van der Waals surface area contributed by atoms with Gasteiger partial charge in [-0.05, 0) is 42.8 Å². The number of pyridine rings is 1. The standard InChI is InChI=1S/C22H14Cl2F4N4O/c1-11-18(10-32(31-11)9-12-2-4-14(25)5-3-12)29-21(33)16-8-19(22(26,27)28)30-20-15(16)6-13(23)7-17(20)24/h2-8,10H,9H2,1H3,(H,29,33). The van der Waals surface area contributed by atoms with E-state index in [2.05, 4.69) is 15.4 Å². The van der Waals surface area contributed by atoms with Crippen LogP contribution in [0.25, 0.3) is 10.9 Å². The van der Waals surface area contributed by atoms with Gasteiger partial charge in [-0.25, -0.2) is 9.37 Å². The Bertz CT molecular complexity index is 1370. The van der Waals surface area contributed by atoms with E-state index in [9.17, 15) is 22.4 Å². The van der Waals surface area contributed by atoms with Crippen molar-refractivity contribution < 1.29 is 22.4 Å². The normalized spacial score (nSPS) is 11.7. The largest absolute Gasteiger partial charge is 0.433 e. The molecule has 0 aliphatic carbocycles. The highest BCUT2D eigenvalue weighted by atomic mass is 35.5. The Hall–Kier alpha value is -3.17. The third-order valence-corrected chi connectivity index (χ3v) is 5.33. The topological polar surface area (TPSA) is 59.8 Å². The van der Waals surface area contributed by atoms with Crippen LogP contribution in [0.5, 0.6) is 0 Å². The van der Waals surface area contributed by atoms with E-state index in [1.165, 1.54) is 35.1 Å². The molecule has 2 aromatic carbocycles. The summed E-state index contributed by atoms with van der Waals surface area (Å²) in [6.45, 7) is 1.94. The van der Waals surface area contributed by atoms with E-state index in [0.717, 1.165) is 5.56 Å². The zero-order chi connectivity index (χ0) is 23.9. The van der Waals surface area contributed by atoms with Gasteiger partial charge in [-0.2, -0.15) is 18.3 Å². The minimum Gasteiger partial charge on any atom is -0.319 e. The highest BCUT2D eigenvalue weighted by Gasteiger charge is 2.34. The number of carbonyl (C=O) groups excluding carboxylic acids is 1. The van der Waals surface area contributed by atoms with Crippen LogP contribution >= 0.6 is 23.2 Å². The van der Waals surface area contributed by atoms with Gasteiger partial charge in [-0.15, -0.1) is 0 Å². The van der Waals surface area contributed by atoms with E-state index >= 15 is 0 Å². The van der Waals surface area contributed by atoms with E-state index in [0.29, 0.717) is 24.0 Å². The van der Waals surface area contributed by atoms with Crippen LogP contribution in [0.2, 0.25) is 10.0 Å². The monoisotopic (exact) mass is 496 g/mol. The van der Waals surface area contributed by atoms with Crippen LogP contribution in [0.4, 0.5) is 23.2 Å². The van der Waals surface area contributed by atoms with Crippen LogP contribution in [-0.2, 0) is 12.7 Å². The van der Waals surface area contributed by atoms with Gasteiger partial charge in [0, 0.05) is 16.6 Å². The molecule has 170 valence electrons. The molecule has 0 bridgehead atoms. The second kappa shape index (κ2) is 8.64. The van der Waals surface area contributed by atoms with Crippen LogP contribution in [0.15, 0.2) is 48.7 Å². The highest BCUT2D eigenvalue weighted by Crippen LogP contribution is 2.35. The first-order valence-electron chi connectivity index (χ1n) is 9.48. The van der Waals surface area contributed by atoms with Gasteiger partial charge in [0.05, 0.1) is 34.0 Å². The van der Waals surface area contributed by atoms with Gasteiger partial charge in [0.1, 0.15) is 11.5 Å². The molecule has 2 aromatic heterocycles. The second-order valence-corrected chi connectivity index (χ2v) is 8.09. The van der Waals surface area contributed by atoms with Gasteiger partial charge in [0.15, 0.2) is 0 Å². The van der Waals surface area contributed by atoms with Crippen LogP contribution in [0, 0.1) is 12.7 Å². The smallest absolute Gasteiger partial charge is 0.319 e. The SMILES string of the molecule is Cc1nn(Cc2ccc(F)cc2)cc1NC(=O)c1cc(C(F)(F)F)nc2c(Cl)cc(Cl)cc12. The zero-order valence-corrected chi connectivity index (χ0v) is 18.4. The third kappa shape index (κ3) is 4.94. The number of amides is 1. The van der Waals surface area contributed by atoms with Gasteiger partial charge >= 0.3 is 6.18 Å². The lowest BCUT2D eigenvalue weighted by atomic mass is 10.1. The average Bonchev–Trinajstić information content (AvgIpc) is 3.06. The number of nitrogens with one attached hydrogen (secondary N) is 1. The van der Waals surface area contributed by atoms with E-state index in [1.54, 1.807) is 19.1 Å². The quantitative estimate of drug-likeness (QED) is 0.328. The van der Waals surface area contributed by atoms with Crippen molar-refractivity contribution in [1.82, 2.24) is 14.8 Å². The number of aromatic nitrogens is 3. The molecule has 1 N–H and O–H groups in total. The number of rotatable bonds is 4. The maximum Gasteiger partial charge on any atom is 0.433 e. The van der Waals surface area contributed by atoms with Crippen LogP contribution < -0.4 is 5.32 Å². The summed E-state index contributed by atoms with van der Waals surface area (Å²) in [4.78, 5) is 16.6. The first-order chi connectivity index (χ1) is 15.5. The van der Waals surface area contributed by atoms with Crippen molar-refractivity contribution in [3.8, 4) is 0 Å². The number of hydrogen-bond acceptors (Lipinski definition) is 3. The molecule has 2 heterocycles. The fourth-order valence-electron chi connectivity index (χ4n) is 3.27. The minimum absolute atomic E-state index is 0.0781. The number of aryl methyl sites for hydroxylation is 1. The van der Waals surface area contributed by atoms with Crippen LogP contribution in [-0.4, -0.2) is 20.7 Å². The Morgan fingerprint density at radius 1 is 1.12 bits per heavy atom. The van der Waals surface area contributed by atoms with Crippen molar-refractivity contribution in [3.63, 3.8) is 0 Å². The molecule has 4 rings (SSSR count). The van der Waals surface area contributed by atoms with Gasteiger partial charge in [-0.3, -0.25) is 9.48 Å². The molecule has 0 unspecified atom stereocenters. The molecule has 0 aliphatic heterocycles. The van der Waals surface area contributed by atoms with Crippen LogP contribution in [0.3, 0.4) is 0 Å². The first kappa shape index (κ1) is 23.0. The third-order valence-electron chi connectivity index (χ3n) is 4.82. The second-order valence-electron chi connectivity index (χ2n) is 7.24. The van der Waals surface area contributed by atoms with E-state index in [1.807, 2.05) is 0 Å². The van der Waals surface area contributed by atoms with Gasteiger partial charge in [0.2, 0.25) is 0 Å². The van der Waals surface area contributed by atoms with E-state index < -0.39 is 17.8 Å². The lowest BCUT2D eigenvalue weighted by Crippen LogP contribution is -2.16. The molecule has 0 aliphatic rings. The summed E-state index contributed by atoms with van der Waals surface area (Å²) >= 11 is 12.1. The van der Waals surface area contributed by atoms with Crippen molar-refractivity contribution in [3.05, 3.63) is 87.0 Å². The number of anilines is 1. The Kier molecular flexibility index (Phi) is 6.02. The summed E-state index contributed by atoms with van der Waals surface area (Å²) in [6.07, 6.45) is -3.26. The molecule has 1 amide bonds. The lowest BCUT2D eigenvalue weighted by molar-refractivity contribution is -0.140. The summed E-state index contributed by atoms with van der Waals surface area (Å²) in [5.41, 5.74) is -0.221. The Morgan fingerprint density at radius 2 is 1.82 bits per heavy atom. The molecular formula is C22H14Cl2F4N4O. The number of nitrogens with zero attached hydrogens (tertiary/aromatic N) is 3. The first-order valence-corrected chi connectivity index (χ1v) is 10.2. The summed E-state index contributed by atoms with van der Waals surface area (Å²) < 4.78 is 54.8. The molecule has 33 heavy (non-hydrogen) atoms. The van der Waals surface area contributed by atoms with Gasteiger partial charge in [0.25, 0.3) is 5.91 Å². The molecule has 0 fully saturated rings. The van der Waals surface area contributed by atoms with Gasteiger partial charge in [-0.1, -0.05) is 35.3 Å². The lowest BCUT2D eigenvalue weighted by Gasteiger charge is -2.13. The number of benzene rings is 2. The van der Waals surface area contributed by atoms with Gasteiger partial charge < -0.3 is 5.32 Å². The van der Waals surface area contributed by atoms with Crippen molar-refractivity contribution in [2.75, 3.05) is 5.32 Å². The predicted octanol–water partition coefficient (Wildman–Crippen LogP) is 6.51. The van der Waals surface area contributed by atoms with E-state index in [4.69, 9.17) is 23.2 Å². The summed E-state index contributed by atoms with van der Waals surface area (Å²) in [5, 5.41) is 7.00. The summed E-state index contributed by atoms with van der Waals surface area (Å²) in [5.74, 6) is -1.18.